The first kappa shape index (κ1) is 13.6. The molecule has 0 heterocycles. The highest BCUT2D eigenvalue weighted by Crippen LogP contribution is 2.43. The number of hydrogen-bond donors (Lipinski definition) is 0. The van der Waals surface area contributed by atoms with E-state index < -0.39 is 0 Å². The average Bonchev–Trinajstić information content (AvgIpc) is 2.47. The molecule has 4 rings (SSSR count). The van der Waals surface area contributed by atoms with Gasteiger partial charge in [0.1, 0.15) is 0 Å². The van der Waals surface area contributed by atoms with Crippen molar-refractivity contribution in [2.24, 2.45) is 0 Å². The highest BCUT2D eigenvalue weighted by molar-refractivity contribution is 6.26. The van der Waals surface area contributed by atoms with Gasteiger partial charge >= 0.3 is 0 Å². The van der Waals surface area contributed by atoms with Gasteiger partial charge in [-0.2, -0.15) is 0 Å². The van der Waals surface area contributed by atoms with Crippen molar-refractivity contribution >= 4 is 32.3 Å². The maximum atomic E-state index is 2.36. The summed E-state index contributed by atoms with van der Waals surface area (Å²) in [6.07, 6.45) is 0. The Morgan fingerprint density at radius 1 is 0.500 bits per heavy atom. The lowest BCUT2D eigenvalue weighted by molar-refractivity contribution is 1.34. The van der Waals surface area contributed by atoms with E-state index in [-0.39, 0.29) is 0 Å². The molecule has 0 aromatic heterocycles. The number of rotatable bonds is 0. The third kappa shape index (κ3) is 1.48. The van der Waals surface area contributed by atoms with Gasteiger partial charge in [-0.3, -0.25) is 0 Å². The summed E-state index contributed by atoms with van der Waals surface area (Å²) in [4.78, 5) is 0. The summed E-state index contributed by atoms with van der Waals surface area (Å²) in [5.41, 5.74) is 8.48. The van der Waals surface area contributed by atoms with Gasteiger partial charge in [0.25, 0.3) is 0 Å². The van der Waals surface area contributed by atoms with Gasteiger partial charge in [-0.1, -0.05) is 24.3 Å². The minimum absolute atomic E-state index is 1.38. The van der Waals surface area contributed by atoms with Crippen molar-refractivity contribution in [1.29, 1.82) is 0 Å². The molecule has 0 radical (unpaired) electrons. The molecular weight excluding hydrogens is 264 g/mol. The zero-order valence-corrected chi connectivity index (χ0v) is 14.3. The van der Waals surface area contributed by atoms with E-state index in [1.54, 1.807) is 0 Å². The van der Waals surface area contributed by atoms with E-state index in [4.69, 9.17) is 0 Å². The predicted octanol–water partition coefficient (Wildman–Crippen LogP) is 6.43. The maximum Gasteiger partial charge on any atom is -0.00185 e. The first-order chi connectivity index (χ1) is 10.4. The van der Waals surface area contributed by atoms with Gasteiger partial charge in [0.15, 0.2) is 0 Å². The second-order valence-electron chi connectivity index (χ2n) is 6.92. The van der Waals surface area contributed by atoms with E-state index >= 15 is 0 Å². The first-order valence-corrected chi connectivity index (χ1v) is 8.07. The van der Waals surface area contributed by atoms with E-state index in [9.17, 15) is 0 Å². The summed E-state index contributed by atoms with van der Waals surface area (Å²) in [5.74, 6) is 0. The van der Waals surface area contributed by atoms with Crippen molar-refractivity contribution in [2.45, 2.75) is 41.5 Å². The maximum absolute atomic E-state index is 2.36. The van der Waals surface area contributed by atoms with Crippen molar-refractivity contribution < 1.29 is 0 Å². The van der Waals surface area contributed by atoms with Crippen LogP contribution in [0.5, 0.6) is 0 Å². The molecule has 0 spiro atoms. The lowest BCUT2D eigenvalue weighted by atomic mass is 9.82. The Kier molecular flexibility index (Phi) is 2.61. The first-order valence-electron chi connectivity index (χ1n) is 8.07. The molecule has 110 valence electrons. The monoisotopic (exact) mass is 286 g/mol. The fraction of sp³-hybridized carbons (Fsp3) is 0.273. The van der Waals surface area contributed by atoms with Crippen molar-refractivity contribution in [1.82, 2.24) is 0 Å². The lowest BCUT2D eigenvalue weighted by Crippen LogP contribution is -1.97. The largest absolute Gasteiger partial charge is 0.0581 e. The Balaban J connectivity index is 2.53. The van der Waals surface area contributed by atoms with Crippen LogP contribution in [-0.2, 0) is 0 Å². The summed E-state index contributed by atoms with van der Waals surface area (Å²) >= 11 is 0. The van der Waals surface area contributed by atoms with Crippen LogP contribution in [0.1, 0.15) is 33.4 Å². The molecule has 4 aromatic carbocycles. The predicted molar refractivity (Wildman–Crippen MR) is 98.6 cm³/mol. The second-order valence-corrected chi connectivity index (χ2v) is 6.92. The molecule has 0 nitrogen and oxygen atoms in total. The Bertz CT molecular complexity index is 1060. The highest BCUT2D eigenvalue weighted by atomic mass is 14.2. The summed E-state index contributed by atoms with van der Waals surface area (Å²) in [7, 11) is 0. The molecular formula is C22H22. The highest BCUT2D eigenvalue weighted by Gasteiger charge is 2.18. The van der Waals surface area contributed by atoms with E-state index in [0.717, 1.165) is 0 Å². The van der Waals surface area contributed by atoms with Crippen molar-refractivity contribution in [3.8, 4) is 0 Å². The molecule has 0 aliphatic heterocycles. The van der Waals surface area contributed by atoms with Gasteiger partial charge in [0.05, 0.1) is 0 Å². The van der Waals surface area contributed by atoms with E-state index in [1.807, 2.05) is 0 Å². The number of hydrogen-bond acceptors (Lipinski definition) is 0. The minimum Gasteiger partial charge on any atom is -0.0581 e. The molecule has 0 saturated heterocycles. The fourth-order valence-electron chi connectivity index (χ4n) is 4.26. The van der Waals surface area contributed by atoms with Crippen LogP contribution in [0.15, 0.2) is 24.3 Å². The molecule has 0 bridgehead atoms. The number of aryl methyl sites for hydroxylation is 6. The topological polar surface area (TPSA) is 0 Å². The lowest BCUT2D eigenvalue weighted by Gasteiger charge is -2.21. The van der Waals surface area contributed by atoms with Crippen molar-refractivity contribution in [3.05, 3.63) is 57.6 Å². The van der Waals surface area contributed by atoms with Crippen molar-refractivity contribution in [2.75, 3.05) is 0 Å². The van der Waals surface area contributed by atoms with Crippen molar-refractivity contribution in [3.63, 3.8) is 0 Å². The summed E-state index contributed by atoms with van der Waals surface area (Å²) in [6, 6.07) is 9.30. The Hall–Kier alpha value is -2.08. The molecule has 22 heavy (non-hydrogen) atoms. The molecule has 4 aromatic rings. The molecule has 0 aliphatic rings. The van der Waals surface area contributed by atoms with Crippen LogP contribution < -0.4 is 0 Å². The zero-order chi connectivity index (χ0) is 15.8. The van der Waals surface area contributed by atoms with Crippen LogP contribution >= 0.6 is 0 Å². The number of benzene rings is 4. The Morgan fingerprint density at radius 2 is 1.14 bits per heavy atom. The minimum atomic E-state index is 1.38. The standard InChI is InChI=1S/C22H22/c1-11-7-8-18-13(3)10-17-9-12(2)14(4)20-16(6)15(5)19(11)22(18)21(17)20/h7-10H,1-6H3. The molecule has 0 aliphatic carbocycles. The van der Waals surface area contributed by atoms with Crippen LogP contribution in [-0.4, -0.2) is 0 Å². The quantitative estimate of drug-likeness (QED) is 0.326. The van der Waals surface area contributed by atoms with E-state index in [1.165, 1.54) is 65.7 Å². The van der Waals surface area contributed by atoms with E-state index in [0.29, 0.717) is 0 Å². The molecule has 0 N–H and O–H groups in total. The molecule has 0 saturated carbocycles. The summed E-state index contributed by atoms with van der Waals surface area (Å²) < 4.78 is 0. The van der Waals surface area contributed by atoms with Gasteiger partial charge in [-0.15, -0.1) is 0 Å². The Morgan fingerprint density at radius 3 is 1.86 bits per heavy atom. The average molecular weight is 286 g/mol. The molecule has 0 atom stereocenters. The molecule has 0 amide bonds. The smallest absolute Gasteiger partial charge is 0.00185 e. The van der Waals surface area contributed by atoms with Gasteiger partial charge in [0.2, 0.25) is 0 Å². The SMILES string of the molecule is Cc1cc2cc(C)c3ccc(C)c4c(C)c(C)c(c1C)c2c34. The van der Waals surface area contributed by atoms with Crippen LogP contribution in [0.2, 0.25) is 0 Å². The van der Waals surface area contributed by atoms with Crippen LogP contribution in [0, 0.1) is 41.5 Å². The Labute approximate surface area is 132 Å². The van der Waals surface area contributed by atoms with E-state index in [2.05, 4.69) is 65.8 Å². The normalized spacial score (nSPS) is 12.1. The summed E-state index contributed by atoms with van der Waals surface area (Å²) in [6.45, 7) is 13.6. The van der Waals surface area contributed by atoms with Gasteiger partial charge in [-0.25, -0.2) is 0 Å². The van der Waals surface area contributed by atoms with Gasteiger partial charge < -0.3 is 0 Å². The van der Waals surface area contributed by atoms with Crippen LogP contribution in [0.3, 0.4) is 0 Å². The third-order valence-electron chi connectivity index (χ3n) is 5.65. The fourth-order valence-corrected chi connectivity index (χ4v) is 4.26. The van der Waals surface area contributed by atoms with Crippen LogP contribution in [0.25, 0.3) is 32.3 Å². The van der Waals surface area contributed by atoms with Gasteiger partial charge in [0, 0.05) is 0 Å². The molecule has 0 heteroatoms. The second kappa shape index (κ2) is 4.23. The molecule has 0 unspecified atom stereocenters. The summed E-state index contributed by atoms with van der Waals surface area (Å²) in [5, 5.41) is 8.66. The van der Waals surface area contributed by atoms with Gasteiger partial charge in [-0.05, 0) is 107 Å². The zero-order valence-electron chi connectivity index (χ0n) is 14.3. The third-order valence-corrected chi connectivity index (χ3v) is 5.65. The van der Waals surface area contributed by atoms with Crippen LogP contribution in [0.4, 0.5) is 0 Å². The molecule has 0 fully saturated rings.